The zero-order chi connectivity index (χ0) is 75.1. The summed E-state index contributed by atoms with van der Waals surface area (Å²) < 4.78 is 68.8. The molecule has 0 saturated heterocycles. The van der Waals surface area contributed by atoms with E-state index in [1.54, 1.807) is 0 Å². The van der Waals surface area contributed by atoms with E-state index in [1.807, 2.05) is 0 Å². The highest BCUT2D eigenvalue weighted by Gasteiger charge is 2.30. The third-order valence-corrected chi connectivity index (χ3v) is 22.0. The molecule has 0 radical (unpaired) electrons. The SMILES string of the molecule is CCCCCCCCCCCCCCCCCC(=O)O[C@H](COC(=O)CCCCCCCCC(C)CC)COP(=O)(O)OC[C@H](O)COP(=O)(O)OC[C@@H](COC(=O)CCCCCCCCCCCCCCC(C)C)OC(=O)CCCCCCCCCCCCCCCCCCCCC(C)CC. The molecule has 0 saturated carbocycles. The lowest BCUT2D eigenvalue weighted by molar-refractivity contribution is -0.161. The van der Waals surface area contributed by atoms with Crippen LogP contribution >= 0.6 is 15.6 Å². The van der Waals surface area contributed by atoms with E-state index in [-0.39, 0.29) is 25.7 Å². The predicted molar refractivity (Wildman–Crippen MR) is 418 cm³/mol. The number of phosphoric acid groups is 2. The molecule has 3 N–H and O–H groups in total. The van der Waals surface area contributed by atoms with Gasteiger partial charge in [0, 0.05) is 25.7 Å². The van der Waals surface area contributed by atoms with E-state index < -0.39 is 97.5 Å². The fraction of sp³-hybridized carbons (Fsp3) is 0.952. The minimum Gasteiger partial charge on any atom is -0.462 e. The van der Waals surface area contributed by atoms with Crippen molar-refractivity contribution in [2.75, 3.05) is 39.6 Å². The predicted octanol–water partition coefficient (Wildman–Crippen LogP) is 24.9. The Hall–Kier alpha value is -1.94. The summed E-state index contributed by atoms with van der Waals surface area (Å²) in [4.78, 5) is 73.1. The molecule has 7 atom stereocenters. The molecule has 0 aliphatic rings. The second kappa shape index (κ2) is 73.2. The zero-order valence-corrected chi connectivity index (χ0v) is 68.9. The van der Waals surface area contributed by atoms with E-state index >= 15 is 0 Å². The summed E-state index contributed by atoms with van der Waals surface area (Å²) >= 11 is 0. The van der Waals surface area contributed by atoms with Crippen LogP contribution in [0, 0.1) is 17.8 Å². The first kappa shape index (κ1) is 100. The number of esters is 4. The summed E-state index contributed by atoms with van der Waals surface area (Å²) in [5, 5.41) is 10.7. The number of aliphatic hydroxyl groups is 1. The van der Waals surface area contributed by atoms with Crippen LogP contribution in [0.15, 0.2) is 0 Å². The van der Waals surface area contributed by atoms with E-state index in [0.717, 1.165) is 114 Å². The second-order valence-corrected chi connectivity index (χ2v) is 33.7. The van der Waals surface area contributed by atoms with Crippen molar-refractivity contribution in [1.29, 1.82) is 0 Å². The average Bonchev–Trinajstić information content (AvgIpc) is 0.921. The van der Waals surface area contributed by atoms with Gasteiger partial charge >= 0.3 is 39.5 Å². The Morgan fingerprint density at radius 1 is 0.284 bits per heavy atom. The number of phosphoric ester groups is 2. The highest BCUT2D eigenvalue weighted by Crippen LogP contribution is 2.45. The number of hydrogen-bond acceptors (Lipinski definition) is 15. The molecule has 0 rings (SSSR count). The lowest BCUT2D eigenvalue weighted by Crippen LogP contribution is -2.30. The first-order valence-corrected chi connectivity index (χ1v) is 45.9. The van der Waals surface area contributed by atoms with Gasteiger partial charge in [-0.3, -0.25) is 37.3 Å². The third kappa shape index (κ3) is 73.6. The highest BCUT2D eigenvalue weighted by atomic mass is 31.2. The standard InChI is InChI=1S/C83H162O17P2/c1-8-11-12-13-14-15-16-17-22-26-33-38-43-52-59-67-83(88)100-79(71-94-81(86)65-58-51-46-45-49-56-63-76(7)10-3)73-98-102(91,92)96-69-77(84)68-95-101(89,90)97-72-78(70-93-80(85)64-57-50-42-37-32-29-28-30-35-40-47-54-61-74(4)5)99-82(87)66-60-53-44-39-34-27-24-21-19-18-20-23-25-31-36-41-48-55-62-75(6)9-2/h74-79,84H,8-73H2,1-7H3,(H,89,90)(H,91,92)/t75?,76?,77-,78-,79-/m1/s1. The summed E-state index contributed by atoms with van der Waals surface area (Å²) in [5.41, 5.74) is 0. The first-order chi connectivity index (χ1) is 49.3. The van der Waals surface area contributed by atoms with Crippen LogP contribution < -0.4 is 0 Å². The van der Waals surface area contributed by atoms with Crippen molar-refractivity contribution < 1.29 is 80.2 Å². The van der Waals surface area contributed by atoms with Gasteiger partial charge in [0.15, 0.2) is 12.2 Å². The summed E-state index contributed by atoms with van der Waals surface area (Å²) in [6, 6.07) is 0. The van der Waals surface area contributed by atoms with Crippen LogP contribution in [-0.4, -0.2) is 96.7 Å². The van der Waals surface area contributed by atoms with Gasteiger partial charge in [-0.2, -0.15) is 0 Å². The van der Waals surface area contributed by atoms with Gasteiger partial charge in [0.1, 0.15) is 19.3 Å². The second-order valence-electron chi connectivity index (χ2n) is 30.8. The van der Waals surface area contributed by atoms with Gasteiger partial charge in [-0.1, -0.05) is 382 Å². The third-order valence-electron chi connectivity index (χ3n) is 20.1. The Morgan fingerprint density at radius 2 is 0.500 bits per heavy atom. The van der Waals surface area contributed by atoms with Gasteiger partial charge in [-0.25, -0.2) is 9.13 Å². The number of hydrogen-bond donors (Lipinski definition) is 3. The average molecular weight is 1490 g/mol. The van der Waals surface area contributed by atoms with Gasteiger partial charge in [-0.05, 0) is 43.4 Å². The van der Waals surface area contributed by atoms with Crippen molar-refractivity contribution >= 4 is 39.5 Å². The summed E-state index contributed by atoms with van der Waals surface area (Å²) in [6.45, 7) is 12.0. The maximum atomic E-state index is 13.1. The number of unbranched alkanes of at least 4 members (excludes halogenated alkanes) is 47. The molecule has 0 aromatic rings. The van der Waals surface area contributed by atoms with Crippen LogP contribution in [-0.2, 0) is 65.4 Å². The van der Waals surface area contributed by atoms with Crippen molar-refractivity contribution in [3.8, 4) is 0 Å². The van der Waals surface area contributed by atoms with E-state index in [4.69, 9.17) is 37.0 Å². The quantitative estimate of drug-likeness (QED) is 0.0222. The number of carbonyl (C=O) groups excluding carboxylic acids is 4. The van der Waals surface area contributed by atoms with Gasteiger partial charge in [0.25, 0.3) is 0 Å². The van der Waals surface area contributed by atoms with E-state index in [2.05, 4.69) is 48.5 Å². The van der Waals surface area contributed by atoms with Crippen molar-refractivity contribution in [3.05, 3.63) is 0 Å². The van der Waals surface area contributed by atoms with Crippen molar-refractivity contribution in [1.82, 2.24) is 0 Å². The maximum Gasteiger partial charge on any atom is 0.472 e. The number of ether oxygens (including phenoxy) is 4. The number of carbonyl (C=O) groups is 4. The molecular weight excluding hydrogens is 1330 g/mol. The Bertz CT molecular complexity index is 1980. The minimum absolute atomic E-state index is 0.107. The van der Waals surface area contributed by atoms with E-state index in [9.17, 15) is 43.2 Å². The molecule has 0 fully saturated rings. The highest BCUT2D eigenvalue weighted by molar-refractivity contribution is 7.47. The lowest BCUT2D eigenvalue weighted by Gasteiger charge is -2.21. The molecule has 0 aromatic carbocycles. The Kier molecular flexibility index (Phi) is 71.8. The van der Waals surface area contributed by atoms with Crippen molar-refractivity contribution in [2.45, 2.75) is 452 Å². The molecule has 0 spiro atoms. The van der Waals surface area contributed by atoms with Gasteiger partial charge in [0.2, 0.25) is 0 Å². The summed E-state index contributed by atoms with van der Waals surface area (Å²) in [7, 11) is -9.92. The molecule has 0 amide bonds. The van der Waals surface area contributed by atoms with Gasteiger partial charge in [-0.15, -0.1) is 0 Å². The maximum absolute atomic E-state index is 13.1. The molecule has 0 aliphatic heterocycles. The normalized spacial score (nSPS) is 14.5. The molecule has 0 bridgehead atoms. The fourth-order valence-electron chi connectivity index (χ4n) is 12.8. The molecular formula is C83H162O17P2. The van der Waals surface area contributed by atoms with Gasteiger partial charge in [0.05, 0.1) is 26.4 Å². The topological polar surface area (TPSA) is 237 Å². The van der Waals surface area contributed by atoms with Crippen LogP contribution in [0.2, 0.25) is 0 Å². The lowest BCUT2D eigenvalue weighted by atomic mass is 9.99. The molecule has 4 unspecified atom stereocenters. The van der Waals surface area contributed by atoms with Crippen molar-refractivity contribution in [2.24, 2.45) is 17.8 Å². The number of rotatable bonds is 81. The zero-order valence-electron chi connectivity index (χ0n) is 67.1. The molecule has 0 aromatic heterocycles. The van der Waals surface area contributed by atoms with E-state index in [0.29, 0.717) is 25.7 Å². The molecule has 19 heteroatoms. The minimum atomic E-state index is -4.96. The van der Waals surface area contributed by atoms with Gasteiger partial charge < -0.3 is 33.8 Å². The fourth-order valence-corrected chi connectivity index (χ4v) is 14.4. The molecule has 0 aliphatic carbocycles. The van der Waals surface area contributed by atoms with Crippen LogP contribution in [0.25, 0.3) is 0 Å². The van der Waals surface area contributed by atoms with E-state index in [1.165, 1.54) is 238 Å². The van der Waals surface area contributed by atoms with Crippen LogP contribution in [0.5, 0.6) is 0 Å². The monoisotopic (exact) mass is 1490 g/mol. The Labute approximate surface area is 626 Å². The summed E-state index contributed by atoms with van der Waals surface area (Å²) in [5.74, 6) is 0.275. The number of aliphatic hydroxyl groups excluding tert-OH is 1. The van der Waals surface area contributed by atoms with Crippen LogP contribution in [0.3, 0.4) is 0 Å². The molecule has 0 heterocycles. The van der Waals surface area contributed by atoms with Crippen molar-refractivity contribution in [3.63, 3.8) is 0 Å². The largest absolute Gasteiger partial charge is 0.472 e. The molecule has 102 heavy (non-hydrogen) atoms. The Morgan fingerprint density at radius 3 is 0.745 bits per heavy atom. The van der Waals surface area contributed by atoms with Crippen LogP contribution in [0.1, 0.15) is 434 Å². The summed E-state index contributed by atoms with van der Waals surface area (Å²) in [6.07, 6.45) is 62.4. The first-order valence-electron chi connectivity index (χ1n) is 42.9. The molecule has 606 valence electrons. The smallest absolute Gasteiger partial charge is 0.462 e. The molecule has 17 nitrogen and oxygen atoms in total. The van der Waals surface area contributed by atoms with Crippen LogP contribution in [0.4, 0.5) is 0 Å². The Balaban J connectivity index is 5.22.